The van der Waals surface area contributed by atoms with Crippen molar-refractivity contribution >= 4 is 11.9 Å². The SMILES string of the molecule is CCCCCCOc1cccc(OC(=O)CCC)c1OC(=O)CCC. The van der Waals surface area contributed by atoms with Crippen LogP contribution in [-0.4, -0.2) is 18.5 Å². The third-order valence-electron chi connectivity index (χ3n) is 3.55. The van der Waals surface area contributed by atoms with Crippen LogP contribution in [0.5, 0.6) is 17.2 Å². The summed E-state index contributed by atoms with van der Waals surface area (Å²) in [5, 5.41) is 0. The molecule has 0 N–H and O–H groups in total. The predicted molar refractivity (Wildman–Crippen MR) is 97.2 cm³/mol. The second-order valence-electron chi connectivity index (χ2n) is 5.94. The summed E-state index contributed by atoms with van der Waals surface area (Å²) >= 11 is 0. The molecule has 0 spiro atoms. The van der Waals surface area contributed by atoms with Gasteiger partial charge < -0.3 is 14.2 Å². The van der Waals surface area contributed by atoms with E-state index in [0.29, 0.717) is 38.0 Å². The molecule has 0 radical (unpaired) electrons. The molecule has 0 saturated heterocycles. The van der Waals surface area contributed by atoms with Gasteiger partial charge in [0, 0.05) is 12.8 Å². The lowest BCUT2D eigenvalue weighted by atomic mass is 10.2. The summed E-state index contributed by atoms with van der Waals surface area (Å²) in [6.07, 6.45) is 6.32. The number of esters is 2. The Morgan fingerprint density at radius 3 is 2.08 bits per heavy atom. The number of carbonyl (C=O) groups is 2. The van der Waals surface area contributed by atoms with Gasteiger partial charge in [0.2, 0.25) is 5.75 Å². The smallest absolute Gasteiger partial charge is 0.311 e. The Hall–Kier alpha value is -2.04. The maximum Gasteiger partial charge on any atom is 0.311 e. The van der Waals surface area contributed by atoms with Crippen LogP contribution in [0.2, 0.25) is 0 Å². The molecule has 0 amide bonds. The van der Waals surface area contributed by atoms with Crippen LogP contribution in [0.3, 0.4) is 0 Å². The van der Waals surface area contributed by atoms with Gasteiger partial charge in [-0.25, -0.2) is 0 Å². The normalized spacial score (nSPS) is 10.4. The summed E-state index contributed by atoms with van der Waals surface area (Å²) < 4.78 is 16.6. The Morgan fingerprint density at radius 2 is 1.44 bits per heavy atom. The minimum Gasteiger partial charge on any atom is -0.490 e. The van der Waals surface area contributed by atoms with E-state index in [1.807, 2.05) is 13.8 Å². The van der Waals surface area contributed by atoms with Crippen LogP contribution in [0, 0.1) is 0 Å². The monoisotopic (exact) mass is 350 g/mol. The van der Waals surface area contributed by atoms with Gasteiger partial charge in [-0.05, 0) is 31.4 Å². The highest BCUT2D eigenvalue weighted by atomic mass is 16.6. The maximum atomic E-state index is 11.9. The van der Waals surface area contributed by atoms with Gasteiger partial charge >= 0.3 is 11.9 Å². The molecule has 0 unspecified atom stereocenters. The van der Waals surface area contributed by atoms with Crippen molar-refractivity contribution in [3.05, 3.63) is 18.2 Å². The van der Waals surface area contributed by atoms with Crippen molar-refractivity contribution in [2.24, 2.45) is 0 Å². The fraction of sp³-hybridized carbons (Fsp3) is 0.600. The maximum absolute atomic E-state index is 11.9. The lowest BCUT2D eigenvalue weighted by molar-refractivity contribution is -0.137. The Labute approximate surface area is 150 Å². The van der Waals surface area contributed by atoms with Gasteiger partial charge in [-0.2, -0.15) is 0 Å². The molecule has 1 rings (SSSR count). The van der Waals surface area contributed by atoms with E-state index in [2.05, 4.69) is 6.92 Å². The van der Waals surface area contributed by atoms with Crippen molar-refractivity contribution in [2.45, 2.75) is 72.1 Å². The van der Waals surface area contributed by atoms with Crippen LogP contribution >= 0.6 is 0 Å². The molecular formula is C20H30O5. The summed E-state index contributed by atoms with van der Waals surface area (Å²) in [6.45, 7) is 6.49. The Balaban J connectivity index is 2.88. The summed E-state index contributed by atoms with van der Waals surface area (Å²) in [4.78, 5) is 23.7. The Kier molecular flexibility index (Phi) is 10.4. The molecule has 0 aliphatic heterocycles. The van der Waals surface area contributed by atoms with E-state index in [4.69, 9.17) is 14.2 Å². The lowest BCUT2D eigenvalue weighted by Crippen LogP contribution is -2.13. The molecule has 5 heteroatoms. The summed E-state index contributed by atoms with van der Waals surface area (Å²) in [6, 6.07) is 5.07. The molecule has 0 aromatic heterocycles. The molecule has 0 heterocycles. The van der Waals surface area contributed by atoms with Crippen LogP contribution in [0.15, 0.2) is 18.2 Å². The van der Waals surface area contributed by atoms with Crippen molar-refractivity contribution in [1.82, 2.24) is 0 Å². The number of hydrogen-bond donors (Lipinski definition) is 0. The molecule has 0 bridgehead atoms. The first-order valence-electron chi connectivity index (χ1n) is 9.29. The second kappa shape index (κ2) is 12.3. The third kappa shape index (κ3) is 8.05. The van der Waals surface area contributed by atoms with E-state index >= 15 is 0 Å². The fourth-order valence-corrected chi connectivity index (χ4v) is 2.25. The van der Waals surface area contributed by atoms with Crippen molar-refractivity contribution in [3.8, 4) is 17.2 Å². The average molecular weight is 350 g/mol. The molecule has 0 aliphatic rings. The third-order valence-corrected chi connectivity index (χ3v) is 3.55. The second-order valence-corrected chi connectivity index (χ2v) is 5.94. The number of unbranched alkanes of at least 4 members (excludes halogenated alkanes) is 3. The van der Waals surface area contributed by atoms with Gasteiger partial charge in [0.1, 0.15) is 0 Å². The van der Waals surface area contributed by atoms with E-state index in [9.17, 15) is 9.59 Å². The van der Waals surface area contributed by atoms with Crippen molar-refractivity contribution in [3.63, 3.8) is 0 Å². The zero-order valence-corrected chi connectivity index (χ0v) is 15.6. The van der Waals surface area contributed by atoms with Gasteiger partial charge in [0.15, 0.2) is 11.5 Å². The highest BCUT2D eigenvalue weighted by Gasteiger charge is 2.18. The molecule has 0 saturated carbocycles. The largest absolute Gasteiger partial charge is 0.490 e. The highest BCUT2D eigenvalue weighted by molar-refractivity contribution is 5.77. The molecule has 0 fully saturated rings. The topological polar surface area (TPSA) is 61.8 Å². The van der Waals surface area contributed by atoms with E-state index in [1.54, 1.807) is 18.2 Å². The number of ether oxygens (including phenoxy) is 3. The van der Waals surface area contributed by atoms with Crippen LogP contribution in [-0.2, 0) is 9.59 Å². The van der Waals surface area contributed by atoms with E-state index in [0.717, 1.165) is 25.7 Å². The molecule has 140 valence electrons. The molecule has 0 atom stereocenters. The van der Waals surface area contributed by atoms with Crippen LogP contribution in [0.1, 0.15) is 72.1 Å². The van der Waals surface area contributed by atoms with Crippen molar-refractivity contribution in [2.75, 3.05) is 6.61 Å². The number of para-hydroxylation sites is 1. The number of rotatable bonds is 12. The van der Waals surface area contributed by atoms with Crippen LogP contribution < -0.4 is 14.2 Å². The fourth-order valence-electron chi connectivity index (χ4n) is 2.25. The predicted octanol–water partition coefficient (Wildman–Crippen LogP) is 5.06. The van der Waals surface area contributed by atoms with Gasteiger partial charge in [-0.3, -0.25) is 9.59 Å². The van der Waals surface area contributed by atoms with Crippen molar-refractivity contribution < 1.29 is 23.8 Å². The zero-order valence-electron chi connectivity index (χ0n) is 15.6. The Morgan fingerprint density at radius 1 is 0.800 bits per heavy atom. The zero-order chi connectivity index (χ0) is 18.5. The number of benzene rings is 1. The first-order chi connectivity index (χ1) is 12.1. The molecule has 5 nitrogen and oxygen atoms in total. The van der Waals surface area contributed by atoms with Gasteiger partial charge in [-0.1, -0.05) is 46.1 Å². The molecule has 1 aromatic carbocycles. The lowest BCUT2D eigenvalue weighted by Gasteiger charge is -2.15. The van der Waals surface area contributed by atoms with Gasteiger partial charge in [0.05, 0.1) is 6.61 Å². The summed E-state index contributed by atoms with van der Waals surface area (Å²) in [5.74, 6) is 0.144. The molecular weight excluding hydrogens is 320 g/mol. The minimum absolute atomic E-state index is 0.195. The standard InChI is InChI=1S/C20H30O5/c1-4-7-8-9-15-23-16-13-10-14-17(24-18(21)11-5-2)20(16)25-19(22)12-6-3/h10,13-14H,4-9,11-12,15H2,1-3H3. The van der Waals surface area contributed by atoms with E-state index in [-0.39, 0.29) is 23.4 Å². The van der Waals surface area contributed by atoms with Gasteiger partial charge in [-0.15, -0.1) is 0 Å². The average Bonchev–Trinajstić information content (AvgIpc) is 2.57. The first-order valence-corrected chi connectivity index (χ1v) is 9.29. The van der Waals surface area contributed by atoms with E-state index < -0.39 is 0 Å². The van der Waals surface area contributed by atoms with Crippen LogP contribution in [0.4, 0.5) is 0 Å². The minimum atomic E-state index is -0.364. The number of carbonyl (C=O) groups excluding carboxylic acids is 2. The number of hydrogen-bond acceptors (Lipinski definition) is 5. The highest BCUT2D eigenvalue weighted by Crippen LogP contribution is 2.38. The van der Waals surface area contributed by atoms with E-state index in [1.165, 1.54) is 0 Å². The first kappa shape index (κ1) is 21.0. The Bertz CT molecular complexity index is 539. The summed E-state index contributed by atoms with van der Waals surface area (Å²) in [7, 11) is 0. The van der Waals surface area contributed by atoms with Crippen LogP contribution in [0.25, 0.3) is 0 Å². The molecule has 25 heavy (non-hydrogen) atoms. The quantitative estimate of drug-likeness (QED) is 0.300. The van der Waals surface area contributed by atoms with Crippen molar-refractivity contribution in [1.29, 1.82) is 0 Å². The molecule has 0 aliphatic carbocycles. The molecule has 1 aromatic rings. The van der Waals surface area contributed by atoms with Gasteiger partial charge in [0.25, 0.3) is 0 Å². The summed E-state index contributed by atoms with van der Waals surface area (Å²) in [5.41, 5.74) is 0.